The number of hydrazone groups is 1. The molecule has 1 aliphatic rings. The molecule has 0 spiro atoms. The molecule has 0 atom stereocenters. The van der Waals surface area contributed by atoms with Gasteiger partial charge < -0.3 is 5.32 Å². The Morgan fingerprint density at radius 2 is 2.04 bits per heavy atom. The van der Waals surface area contributed by atoms with E-state index in [1.165, 1.54) is 5.56 Å². The summed E-state index contributed by atoms with van der Waals surface area (Å²) in [6.07, 6.45) is 5.85. The molecule has 0 saturated carbocycles. The lowest BCUT2D eigenvalue weighted by molar-refractivity contribution is -0.131. The predicted octanol–water partition coefficient (Wildman–Crippen LogP) is 2.14. The summed E-state index contributed by atoms with van der Waals surface area (Å²) in [6.45, 7) is 3.43. The van der Waals surface area contributed by atoms with Gasteiger partial charge in [-0.05, 0) is 31.7 Å². The first kappa shape index (κ1) is 19.4. The first-order valence-corrected chi connectivity index (χ1v) is 8.94. The molecule has 0 radical (unpaired) electrons. The lowest BCUT2D eigenvalue weighted by Crippen LogP contribution is -2.35. The zero-order chi connectivity index (χ0) is 18.8. The van der Waals surface area contributed by atoms with Crippen LogP contribution in [0.3, 0.4) is 0 Å². The van der Waals surface area contributed by atoms with Crippen molar-refractivity contribution in [1.29, 1.82) is 5.26 Å². The number of guanidine groups is 1. The lowest BCUT2D eigenvalue weighted by atomic mass is 10.0. The monoisotopic (exact) mass is 354 g/mol. The fourth-order valence-corrected chi connectivity index (χ4v) is 2.73. The van der Waals surface area contributed by atoms with E-state index in [1.54, 1.807) is 12.1 Å². The molecular weight excluding hydrogens is 328 g/mol. The third kappa shape index (κ3) is 5.88. The highest BCUT2D eigenvalue weighted by molar-refractivity contribution is 6.04. The molecule has 2 rings (SSSR count). The number of hydrogen-bond donors (Lipinski definition) is 2. The van der Waals surface area contributed by atoms with Gasteiger partial charge in [-0.2, -0.15) is 10.4 Å². The van der Waals surface area contributed by atoms with Crippen LogP contribution in [0.2, 0.25) is 0 Å². The number of carbonyl (C=O) groups is 1. The van der Waals surface area contributed by atoms with Crippen molar-refractivity contribution in [2.24, 2.45) is 10.1 Å². The van der Waals surface area contributed by atoms with Crippen LogP contribution in [-0.4, -0.2) is 42.7 Å². The van der Waals surface area contributed by atoms with Crippen molar-refractivity contribution in [2.75, 3.05) is 20.1 Å². The first-order valence-electron chi connectivity index (χ1n) is 8.94. The number of unbranched alkanes of at least 4 members (excludes halogenated alkanes) is 2. The van der Waals surface area contributed by atoms with Gasteiger partial charge in [0.2, 0.25) is 11.9 Å². The fourth-order valence-electron chi connectivity index (χ4n) is 2.73. The highest BCUT2D eigenvalue weighted by Gasteiger charge is 2.20. The quantitative estimate of drug-likeness (QED) is 0.258. The van der Waals surface area contributed by atoms with Crippen molar-refractivity contribution in [3.05, 3.63) is 35.4 Å². The van der Waals surface area contributed by atoms with E-state index in [4.69, 9.17) is 5.26 Å². The molecule has 1 aromatic carbocycles. The number of nitriles is 1. The van der Waals surface area contributed by atoms with E-state index in [9.17, 15) is 4.79 Å². The maximum absolute atomic E-state index is 12.1. The zero-order valence-electron chi connectivity index (χ0n) is 15.5. The number of benzene rings is 1. The lowest BCUT2D eigenvalue weighted by Gasteiger charge is -2.23. The number of rotatable bonds is 7. The van der Waals surface area contributed by atoms with Gasteiger partial charge in [0.1, 0.15) is 0 Å². The van der Waals surface area contributed by atoms with E-state index in [-0.39, 0.29) is 5.91 Å². The number of hydrogen-bond acceptors (Lipinski definition) is 4. The Kier molecular flexibility index (Phi) is 7.62. The van der Waals surface area contributed by atoms with Crippen molar-refractivity contribution in [1.82, 2.24) is 15.6 Å². The van der Waals surface area contributed by atoms with E-state index in [1.807, 2.05) is 6.19 Å². The van der Waals surface area contributed by atoms with Gasteiger partial charge in [0.15, 0.2) is 6.19 Å². The van der Waals surface area contributed by atoms with Gasteiger partial charge in [-0.1, -0.05) is 29.8 Å². The highest BCUT2D eigenvalue weighted by atomic mass is 16.2. The zero-order valence-corrected chi connectivity index (χ0v) is 15.5. The molecule has 0 bridgehead atoms. The van der Waals surface area contributed by atoms with Gasteiger partial charge in [-0.3, -0.25) is 15.1 Å². The summed E-state index contributed by atoms with van der Waals surface area (Å²) in [4.78, 5) is 16.0. The molecule has 1 heterocycles. The summed E-state index contributed by atoms with van der Waals surface area (Å²) in [7, 11) is 1.62. The summed E-state index contributed by atoms with van der Waals surface area (Å²) in [6, 6.07) is 8.27. The minimum Gasteiger partial charge on any atom is -0.356 e. The number of nitrogens with zero attached hydrogens (tertiary/aromatic N) is 4. The molecule has 1 aliphatic heterocycles. The molecular formula is C19H26N6O. The summed E-state index contributed by atoms with van der Waals surface area (Å²) < 4.78 is 0. The van der Waals surface area contributed by atoms with Gasteiger partial charge in [0, 0.05) is 33.0 Å². The first-order chi connectivity index (χ1) is 12.6. The molecule has 0 aliphatic carbocycles. The Hall–Kier alpha value is -2.88. The van der Waals surface area contributed by atoms with E-state index in [2.05, 4.69) is 51.9 Å². The third-order valence-corrected chi connectivity index (χ3v) is 4.23. The standard InChI is InChI=1S/C19H26N6O/c1-15-6-8-16(9-7-15)17-10-11-18(26)25(24-17)13-5-3-4-12-22-19(21-2)23-14-20/h6-9H,3-5,10-13H2,1-2H3,(H2,21,22,23). The number of amides is 1. The average molecular weight is 354 g/mol. The molecule has 26 heavy (non-hydrogen) atoms. The van der Waals surface area contributed by atoms with Crippen LogP contribution in [0.4, 0.5) is 0 Å². The second kappa shape index (κ2) is 10.2. The van der Waals surface area contributed by atoms with Crippen LogP contribution in [0.1, 0.15) is 43.2 Å². The Balaban J connectivity index is 1.77. The van der Waals surface area contributed by atoms with Crippen LogP contribution in [0.5, 0.6) is 0 Å². The summed E-state index contributed by atoms with van der Waals surface area (Å²) in [5, 5.41) is 20.3. The van der Waals surface area contributed by atoms with Crippen LogP contribution in [0.25, 0.3) is 0 Å². The van der Waals surface area contributed by atoms with Gasteiger partial charge in [-0.15, -0.1) is 0 Å². The molecule has 1 aromatic rings. The van der Waals surface area contributed by atoms with E-state index < -0.39 is 0 Å². The third-order valence-electron chi connectivity index (χ3n) is 4.23. The minimum absolute atomic E-state index is 0.0950. The van der Waals surface area contributed by atoms with Crippen LogP contribution in [0.15, 0.2) is 34.4 Å². The largest absolute Gasteiger partial charge is 0.356 e. The summed E-state index contributed by atoms with van der Waals surface area (Å²) in [5.41, 5.74) is 3.29. The van der Waals surface area contributed by atoms with Crippen molar-refractivity contribution >= 4 is 17.6 Å². The second-order valence-electron chi connectivity index (χ2n) is 6.23. The number of nitrogens with one attached hydrogen (secondary N) is 2. The Morgan fingerprint density at radius 3 is 2.73 bits per heavy atom. The van der Waals surface area contributed by atoms with Crippen molar-refractivity contribution in [2.45, 2.75) is 39.0 Å². The molecule has 138 valence electrons. The molecule has 0 saturated heterocycles. The SMILES string of the molecule is CN=C(NC#N)NCCCCCN1N=C(c2ccc(C)cc2)CCC1=O. The van der Waals surface area contributed by atoms with E-state index >= 15 is 0 Å². The fraction of sp³-hybridized carbons (Fsp3) is 0.474. The normalized spacial score (nSPS) is 14.7. The van der Waals surface area contributed by atoms with Crippen molar-refractivity contribution in [3.8, 4) is 6.19 Å². The highest BCUT2D eigenvalue weighted by Crippen LogP contribution is 2.16. The molecule has 1 amide bonds. The molecule has 0 aromatic heterocycles. The summed E-state index contributed by atoms with van der Waals surface area (Å²) in [5.74, 6) is 0.573. The van der Waals surface area contributed by atoms with E-state index in [0.29, 0.717) is 25.3 Å². The Bertz CT molecular complexity index is 702. The molecule has 0 unspecified atom stereocenters. The van der Waals surface area contributed by atoms with Crippen LogP contribution in [0, 0.1) is 18.4 Å². The van der Waals surface area contributed by atoms with Crippen LogP contribution >= 0.6 is 0 Å². The maximum atomic E-state index is 12.1. The minimum atomic E-state index is 0.0950. The molecule has 2 N–H and O–H groups in total. The topological polar surface area (TPSA) is 92.9 Å². The number of carbonyl (C=O) groups excluding carboxylic acids is 1. The van der Waals surface area contributed by atoms with Gasteiger partial charge in [-0.25, -0.2) is 5.01 Å². The summed E-state index contributed by atoms with van der Waals surface area (Å²) >= 11 is 0. The van der Waals surface area contributed by atoms with Crippen LogP contribution < -0.4 is 10.6 Å². The predicted molar refractivity (Wildman–Crippen MR) is 103 cm³/mol. The number of aliphatic imine (C=N–C) groups is 1. The molecule has 0 fully saturated rings. The second-order valence-corrected chi connectivity index (χ2v) is 6.23. The maximum Gasteiger partial charge on any atom is 0.243 e. The Morgan fingerprint density at radius 1 is 1.27 bits per heavy atom. The van der Waals surface area contributed by atoms with Gasteiger partial charge >= 0.3 is 0 Å². The van der Waals surface area contributed by atoms with Gasteiger partial charge in [0.05, 0.1) is 5.71 Å². The Labute approximate surface area is 154 Å². The molecule has 7 heteroatoms. The van der Waals surface area contributed by atoms with Crippen molar-refractivity contribution in [3.63, 3.8) is 0 Å². The smallest absolute Gasteiger partial charge is 0.243 e. The van der Waals surface area contributed by atoms with Crippen molar-refractivity contribution < 1.29 is 4.79 Å². The van der Waals surface area contributed by atoms with Crippen LogP contribution in [-0.2, 0) is 4.79 Å². The van der Waals surface area contributed by atoms with E-state index in [0.717, 1.165) is 37.1 Å². The number of aryl methyl sites for hydroxylation is 1. The van der Waals surface area contributed by atoms with Gasteiger partial charge in [0.25, 0.3) is 0 Å². The molecule has 7 nitrogen and oxygen atoms in total. The average Bonchev–Trinajstić information content (AvgIpc) is 2.65.